The lowest BCUT2D eigenvalue weighted by Gasteiger charge is -2.38. The van der Waals surface area contributed by atoms with E-state index in [0.29, 0.717) is 0 Å². The Kier molecular flexibility index (Phi) is 6.03. The zero-order valence-corrected chi connectivity index (χ0v) is 14.3. The van der Waals surface area contributed by atoms with Gasteiger partial charge in [0.2, 0.25) is 0 Å². The summed E-state index contributed by atoms with van der Waals surface area (Å²) in [6, 6.07) is 0. The Hall–Kier alpha value is -0.410. The van der Waals surface area contributed by atoms with Crippen molar-refractivity contribution in [3.63, 3.8) is 0 Å². The van der Waals surface area contributed by atoms with Gasteiger partial charge in [0, 0.05) is 5.38 Å². The second-order valence-corrected chi connectivity index (χ2v) is 7.77. The number of aryl methyl sites for hydroxylation is 1. The molecule has 0 aliphatic heterocycles. The van der Waals surface area contributed by atoms with E-state index in [1.165, 1.54) is 42.9 Å². The molecule has 0 amide bonds. The first-order valence-electron chi connectivity index (χ1n) is 8.21. The van der Waals surface area contributed by atoms with Crippen molar-refractivity contribution in [3.8, 4) is 0 Å². The molecule has 1 fully saturated rings. The molecule has 0 radical (unpaired) electrons. The summed E-state index contributed by atoms with van der Waals surface area (Å²) in [7, 11) is 0. The Morgan fingerprint density at radius 1 is 1.35 bits per heavy atom. The largest absolute Gasteiger partial charge is 0.317 e. The van der Waals surface area contributed by atoms with Gasteiger partial charge in [-0.25, -0.2) is 4.98 Å². The fourth-order valence-electron chi connectivity index (χ4n) is 3.59. The van der Waals surface area contributed by atoms with Gasteiger partial charge in [-0.3, -0.25) is 0 Å². The summed E-state index contributed by atoms with van der Waals surface area (Å²) in [4.78, 5) is 4.69. The van der Waals surface area contributed by atoms with Crippen LogP contribution in [0.3, 0.4) is 0 Å². The van der Waals surface area contributed by atoms with E-state index in [0.717, 1.165) is 30.2 Å². The molecule has 20 heavy (non-hydrogen) atoms. The third-order valence-corrected chi connectivity index (χ3v) is 5.74. The Morgan fingerprint density at radius 2 is 2.15 bits per heavy atom. The van der Waals surface area contributed by atoms with Crippen molar-refractivity contribution in [1.29, 1.82) is 0 Å². The van der Waals surface area contributed by atoms with E-state index < -0.39 is 0 Å². The maximum absolute atomic E-state index is 4.69. The average Bonchev–Trinajstić information content (AvgIpc) is 2.82. The molecule has 3 unspecified atom stereocenters. The highest BCUT2D eigenvalue weighted by atomic mass is 32.1. The predicted molar refractivity (Wildman–Crippen MR) is 88.3 cm³/mol. The molecule has 1 aliphatic carbocycles. The Labute approximate surface area is 128 Å². The number of hydrogen-bond donors (Lipinski definition) is 1. The average molecular weight is 295 g/mol. The highest BCUT2D eigenvalue weighted by Crippen LogP contribution is 2.39. The molecule has 3 heteroatoms. The van der Waals surface area contributed by atoms with E-state index in [1.54, 1.807) is 11.3 Å². The fourth-order valence-corrected chi connectivity index (χ4v) is 4.21. The second-order valence-electron chi connectivity index (χ2n) is 6.71. The number of thiazole rings is 1. The standard InChI is InChI=1S/C17H30N2S/c1-5-18-10-15-7-6-14(12(2)3)8-16(15)9-17-11-20-13(4)19-17/h11-12,14-16,18H,5-10H2,1-4H3. The highest BCUT2D eigenvalue weighted by Gasteiger charge is 2.31. The van der Waals surface area contributed by atoms with E-state index in [4.69, 9.17) is 0 Å². The normalized spacial score (nSPS) is 27.1. The van der Waals surface area contributed by atoms with Crippen molar-refractivity contribution in [2.24, 2.45) is 23.7 Å². The highest BCUT2D eigenvalue weighted by molar-refractivity contribution is 7.09. The van der Waals surface area contributed by atoms with Crippen LogP contribution in [0.15, 0.2) is 5.38 Å². The minimum Gasteiger partial charge on any atom is -0.317 e. The van der Waals surface area contributed by atoms with Crippen LogP contribution in [-0.4, -0.2) is 18.1 Å². The van der Waals surface area contributed by atoms with Gasteiger partial charge in [0.15, 0.2) is 0 Å². The Balaban J connectivity index is 2.00. The number of hydrogen-bond acceptors (Lipinski definition) is 3. The third kappa shape index (κ3) is 4.29. The van der Waals surface area contributed by atoms with Crippen LogP contribution < -0.4 is 5.32 Å². The quantitative estimate of drug-likeness (QED) is 0.846. The van der Waals surface area contributed by atoms with Gasteiger partial charge < -0.3 is 5.32 Å². The lowest BCUT2D eigenvalue weighted by molar-refractivity contribution is 0.144. The van der Waals surface area contributed by atoms with Crippen LogP contribution >= 0.6 is 11.3 Å². The van der Waals surface area contributed by atoms with E-state index in [-0.39, 0.29) is 0 Å². The molecule has 0 spiro atoms. The van der Waals surface area contributed by atoms with Crippen LogP contribution in [-0.2, 0) is 6.42 Å². The Morgan fingerprint density at radius 3 is 2.75 bits per heavy atom. The van der Waals surface area contributed by atoms with E-state index in [9.17, 15) is 0 Å². The summed E-state index contributed by atoms with van der Waals surface area (Å²) in [5.74, 6) is 3.40. The summed E-state index contributed by atoms with van der Waals surface area (Å²) in [5.41, 5.74) is 1.32. The number of nitrogens with zero attached hydrogens (tertiary/aromatic N) is 1. The topological polar surface area (TPSA) is 24.9 Å². The SMILES string of the molecule is CCNCC1CCC(C(C)C)CC1Cc1csc(C)n1. The lowest BCUT2D eigenvalue weighted by Crippen LogP contribution is -2.35. The first-order valence-corrected chi connectivity index (χ1v) is 9.09. The molecule has 1 saturated carbocycles. The summed E-state index contributed by atoms with van der Waals surface area (Å²) < 4.78 is 0. The zero-order valence-electron chi connectivity index (χ0n) is 13.5. The molecule has 1 aromatic rings. The summed E-state index contributed by atoms with van der Waals surface area (Å²) in [5, 5.41) is 7.04. The molecule has 0 bridgehead atoms. The maximum atomic E-state index is 4.69. The van der Waals surface area contributed by atoms with Gasteiger partial charge in [0.25, 0.3) is 0 Å². The molecule has 1 N–H and O–H groups in total. The molecule has 0 saturated heterocycles. The minimum absolute atomic E-state index is 0.816. The lowest BCUT2D eigenvalue weighted by atomic mass is 9.69. The number of nitrogens with one attached hydrogen (secondary N) is 1. The van der Waals surface area contributed by atoms with Crippen LogP contribution in [0.5, 0.6) is 0 Å². The van der Waals surface area contributed by atoms with Gasteiger partial charge in [-0.1, -0.05) is 20.8 Å². The van der Waals surface area contributed by atoms with Crippen molar-refractivity contribution in [2.45, 2.75) is 53.4 Å². The Bertz CT molecular complexity index is 399. The molecule has 1 heterocycles. The molecule has 1 aromatic heterocycles. The molecule has 2 rings (SSSR count). The van der Waals surface area contributed by atoms with Gasteiger partial charge in [-0.15, -0.1) is 11.3 Å². The minimum atomic E-state index is 0.816. The van der Waals surface area contributed by atoms with Crippen molar-refractivity contribution in [1.82, 2.24) is 10.3 Å². The van der Waals surface area contributed by atoms with E-state index in [1.807, 2.05) is 0 Å². The van der Waals surface area contributed by atoms with E-state index >= 15 is 0 Å². The van der Waals surface area contributed by atoms with Crippen molar-refractivity contribution in [3.05, 3.63) is 16.1 Å². The first-order chi connectivity index (χ1) is 9.60. The second kappa shape index (κ2) is 7.56. The third-order valence-electron chi connectivity index (χ3n) is 4.92. The fraction of sp³-hybridized carbons (Fsp3) is 0.824. The van der Waals surface area contributed by atoms with Gasteiger partial charge in [0.1, 0.15) is 0 Å². The molecule has 0 aromatic carbocycles. The summed E-state index contributed by atoms with van der Waals surface area (Å²) in [6.07, 6.45) is 5.39. The molecule has 114 valence electrons. The monoisotopic (exact) mass is 294 g/mol. The first kappa shape index (κ1) is 16.0. The van der Waals surface area contributed by atoms with Crippen molar-refractivity contribution < 1.29 is 0 Å². The van der Waals surface area contributed by atoms with Gasteiger partial charge in [0.05, 0.1) is 10.7 Å². The predicted octanol–water partition coefficient (Wildman–Crippen LogP) is 4.29. The number of aromatic nitrogens is 1. The van der Waals surface area contributed by atoms with Crippen molar-refractivity contribution >= 4 is 11.3 Å². The summed E-state index contributed by atoms with van der Waals surface area (Å²) in [6.45, 7) is 11.4. The van der Waals surface area contributed by atoms with Crippen LogP contribution in [0.4, 0.5) is 0 Å². The summed E-state index contributed by atoms with van der Waals surface area (Å²) >= 11 is 1.79. The molecule has 3 atom stereocenters. The van der Waals surface area contributed by atoms with E-state index in [2.05, 4.69) is 43.4 Å². The molecule has 1 aliphatic rings. The molecule has 2 nitrogen and oxygen atoms in total. The zero-order chi connectivity index (χ0) is 14.5. The van der Waals surface area contributed by atoms with Gasteiger partial charge in [-0.05, 0) is 69.4 Å². The number of rotatable bonds is 6. The smallest absolute Gasteiger partial charge is 0.0897 e. The molecular formula is C17H30N2S. The maximum Gasteiger partial charge on any atom is 0.0897 e. The van der Waals surface area contributed by atoms with Crippen LogP contribution in [0.25, 0.3) is 0 Å². The van der Waals surface area contributed by atoms with Crippen LogP contribution in [0.1, 0.15) is 50.7 Å². The van der Waals surface area contributed by atoms with Crippen LogP contribution in [0, 0.1) is 30.6 Å². The van der Waals surface area contributed by atoms with Gasteiger partial charge in [-0.2, -0.15) is 0 Å². The van der Waals surface area contributed by atoms with Crippen molar-refractivity contribution in [2.75, 3.05) is 13.1 Å². The molecular weight excluding hydrogens is 264 g/mol. The van der Waals surface area contributed by atoms with Gasteiger partial charge >= 0.3 is 0 Å². The van der Waals surface area contributed by atoms with Crippen LogP contribution in [0.2, 0.25) is 0 Å².